The van der Waals surface area contributed by atoms with Gasteiger partial charge >= 0.3 is 0 Å². The molecule has 0 amide bonds. The molecule has 21 heavy (non-hydrogen) atoms. The van der Waals surface area contributed by atoms with E-state index in [-0.39, 0.29) is 0 Å². The number of methoxy groups -OCH3 is 1. The van der Waals surface area contributed by atoms with E-state index in [0.29, 0.717) is 0 Å². The first-order valence-electron chi connectivity index (χ1n) is 8.29. The molecule has 0 radical (unpaired) electrons. The lowest BCUT2D eigenvalue weighted by Gasteiger charge is -2.15. The number of nitrogens with one attached hydrogen (secondary N) is 2. The Balaban J connectivity index is 3.82. The summed E-state index contributed by atoms with van der Waals surface area (Å²) in [6.45, 7) is 12.2. The molecule has 0 aliphatic heterocycles. The molecule has 0 rings (SSSR count). The van der Waals surface area contributed by atoms with Gasteiger partial charge < -0.3 is 20.3 Å². The van der Waals surface area contributed by atoms with Crippen molar-refractivity contribution in [3.63, 3.8) is 0 Å². The number of nitrogens with zero attached hydrogens (tertiary/aromatic N) is 2. The van der Waals surface area contributed by atoms with Crippen molar-refractivity contribution in [1.82, 2.24) is 15.5 Å². The third-order valence-electron chi connectivity index (χ3n) is 3.24. The van der Waals surface area contributed by atoms with Crippen molar-refractivity contribution in [2.24, 2.45) is 10.9 Å². The number of likely N-dealkylation sites (N-methyl/N-ethyl adjacent to an activating group) is 1. The fraction of sp³-hybridized carbons (Fsp3) is 0.938. The van der Waals surface area contributed by atoms with Crippen molar-refractivity contribution in [3.8, 4) is 0 Å². The maximum absolute atomic E-state index is 5.07. The van der Waals surface area contributed by atoms with Crippen molar-refractivity contribution in [1.29, 1.82) is 0 Å². The zero-order valence-corrected chi connectivity index (χ0v) is 14.7. The van der Waals surface area contributed by atoms with Gasteiger partial charge in [-0.05, 0) is 45.7 Å². The minimum absolute atomic E-state index is 0.772. The van der Waals surface area contributed by atoms with Crippen molar-refractivity contribution in [3.05, 3.63) is 0 Å². The second kappa shape index (κ2) is 14.1. The van der Waals surface area contributed by atoms with Crippen LogP contribution in [-0.2, 0) is 4.74 Å². The van der Waals surface area contributed by atoms with Crippen LogP contribution >= 0.6 is 0 Å². The zero-order valence-electron chi connectivity index (χ0n) is 14.7. The Labute approximate surface area is 131 Å². The molecule has 2 N–H and O–H groups in total. The van der Waals surface area contributed by atoms with Gasteiger partial charge in [0.25, 0.3) is 0 Å². The van der Waals surface area contributed by atoms with Gasteiger partial charge in [0.15, 0.2) is 5.96 Å². The van der Waals surface area contributed by atoms with Crippen LogP contribution in [0.25, 0.3) is 0 Å². The van der Waals surface area contributed by atoms with Gasteiger partial charge in [-0.2, -0.15) is 0 Å². The lowest BCUT2D eigenvalue weighted by molar-refractivity contribution is 0.161. The summed E-state index contributed by atoms with van der Waals surface area (Å²) in [5.41, 5.74) is 0. The standard InChI is InChI=1S/C16H36N4O/c1-6-17-16(18-10-7-9-15(2)3)19-11-8-12-20(4)13-14-21-5/h15H,6-14H2,1-5H3,(H2,17,18,19). The predicted octanol–water partition coefficient (Wildman–Crippen LogP) is 1.95. The second-order valence-corrected chi connectivity index (χ2v) is 5.87. The molecular formula is C16H36N4O. The van der Waals surface area contributed by atoms with Crippen LogP contribution in [0.2, 0.25) is 0 Å². The fourth-order valence-corrected chi connectivity index (χ4v) is 1.95. The van der Waals surface area contributed by atoms with Gasteiger partial charge in [-0.3, -0.25) is 4.99 Å². The number of guanidine groups is 1. The van der Waals surface area contributed by atoms with Gasteiger partial charge in [0.05, 0.1) is 6.61 Å². The number of ether oxygens (including phenoxy) is 1. The Morgan fingerprint density at radius 1 is 1.19 bits per heavy atom. The summed E-state index contributed by atoms with van der Waals surface area (Å²) in [5, 5.41) is 6.70. The average molecular weight is 300 g/mol. The number of aliphatic imine (C=N–C) groups is 1. The lowest BCUT2D eigenvalue weighted by atomic mass is 10.1. The smallest absolute Gasteiger partial charge is 0.191 e. The topological polar surface area (TPSA) is 48.9 Å². The summed E-state index contributed by atoms with van der Waals surface area (Å²) >= 11 is 0. The molecule has 0 aliphatic rings. The zero-order chi connectivity index (χ0) is 15.9. The molecule has 5 nitrogen and oxygen atoms in total. The van der Waals surface area contributed by atoms with E-state index in [1.54, 1.807) is 7.11 Å². The van der Waals surface area contributed by atoms with E-state index in [9.17, 15) is 0 Å². The number of rotatable bonds is 12. The molecule has 0 heterocycles. The van der Waals surface area contributed by atoms with E-state index in [0.717, 1.165) is 57.6 Å². The Kier molecular flexibility index (Phi) is 13.6. The van der Waals surface area contributed by atoms with Crippen LogP contribution in [0.4, 0.5) is 0 Å². The maximum atomic E-state index is 5.07. The number of hydrogen-bond acceptors (Lipinski definition) is 3. The van der Waals surface area contributed by atoms with Gasteiger partial charge in [-0.25, -0.2) is 0 Å². The molecule has 0 saturated carbocycles. The first-order valence-corrected chi connectivity index (χ1v) is 8.29. The first kappa shape index (κ1) is 20.2. The second-order valence-electron chi connectivity index (χ2n) is 5.87. The van der Waals surface area contributed by atoms with Crippen molar-refractivity contribution in [2.75, 3.05) is 53.5 Å². The monoisotopic (exact) mass is 300 g/mol. The predicted molar refractivity (Wildman–Crippen MR) is 92.0 cm³/mol. The normalized spacial score (nSPS) is 12.2. The van der Waals surface area contributed by atoms with Crippen LogP contribution in [0.1, 0.15) is 40.0 Å². The van der Waals surface area contributed by atoms with Crippen LogP contribution < -0.4 is 10.6 Å². The van der Waals surface area contributed by atoms with Crippen molar-refractivity contribution >= 4 is 5.96 Å². The summed E-state index contributed by atoms with van der Waals surface area (Å²) in [5.74, 6) is 1.72. The average Bonchev–Trinajstić information content (AvgIpc) is 2.45. The van der Waals surface area contributed by atoms with Crippen LogP contribution in [0, 0.1) is 5.92 Å². The van der Waals surface area contributed by atoms with Gasteiger partial charge in [-0.1, -0.05) is 13.8 Å². The summed E-state index contributed by atoms with van der Waals surface area (Å²) in [6.07, 6.45) is 3.53. The van der Waals surface area contributed by atoms with E-state index >= 15 is 0 Å². The van der Waals surface area contributed by atoms with Gasteiger partial charge in [0.1, 0.15) is 0 Å². The Hall–Kier alpha value is -0.810. The number of hydrogen-bond donors (Lipinski definition) is 2. The molecule has 0 aromatic heterocycles. The Morgan fingerprint density at radius 3 is 2.57 bits per heavy atom. The molecule has 0 unspecified atom stereocenters. The van der Waals surface area contributed by atoms with Crippen LogP contribution in [0.15, 0.2) is 4.99 Å². The SMILES string of the molecule is CCNC(=NCCCN(C)CCOC)NCCCC(C)C. The third-order valence-corrected chi connectivity index (χ3v) is 3.24. The maximum Gasteiger partial charge on any atom is 0.191 e. The molecule has 0 aromatic carbocycles. The summed E-state index contributed by atoms with van der Waals surface area (Å²) < 4.78 is 5.07. The molecule has 0 spiro atoms. The van der Waals surface area contributed by atoms with Gasteiger partial charge in [0, 0.05) is 33.3 Å². The minimum Gasteiger partial charge on any atom is -0.383 e. The molecule has 0 bridgehead atoms. The summed E-state index contributed by atoms with van der Waals surface area (Å²) in [7, 11) is 3.86. The molecule has 0 saturated heterocycles. The molecule has 0 aromatic rings. The fourth-order valence-electron chi connectivity index (χ4n) is 1.95. The van der Waals surface area contributed by atoms with Gasteiger partial charge in [-0.15, -0.1) is 0 Å². The molecule has 5 heteroatoms. The molecular weight excluding hydrogens is 264 g/mol. The highest BCUT2D eigenvalue weighted by Crippen LogP contribution is 2.01. The van der Waals surface area contributed by atoms with Crippen molar-refractivity contribution in [2.45, 2.75) is 40.0 Å². The van der Waals surface area contributed by atoms with E-state index in [2.05, 4.69) is 48.3 Å². The summed E-state index contributed by atoms with van der Waals surface area (Å²) in [4.78, 5) is 6.90. The van der Waals surface area contributed by atoms with E-state index in [1.165, 1.54) is 12.8 Å². The Morgan fingerprint density at radius 2 is 1.95 bits per heavy atom. The Bertz CT molecular complexity index is 257. The van der Waals surface area contributed by atoms with Crippen LogP contribution in [0.5, 0.6) is 0 Å². The van der Waals surface area contributed by atoms with E-state index in [4.69, 9.17) is 4.74 Å². The summed E-state index contributed by atoms with van der Waals surface area (Å²) in [6, 6.07) is 0. The van der Waals surface area contributed by atoms with Gasteiger partial charge in [0.2, 0.25) is 0 Å². The molecule has 126 valence electrons. The van der Waals surface area contributed by atoms with E-state index in [1.807, 2.05) is 0 Å². The highest BCUT2D eigenvalue weighted by atomic mass is 16.5. The highest BCUT2D eigenvalue weighted by Gasteiger charge is 1.99. The highest BCUT2D eigenvalue weighted by molar-refractivity contribution is 5.79. The molecule has 0 aliphatic carbocycles. The minimum atomic E-state index is 0.772. The lowest BCUT2D eigenvalue weighted by Crippen LogP contribution is -2.38. The first-order chi connectivity index (χ1) is 10.1. The third kappa shape index (κ3) is 13.9. The molecule has 0 fully saturated rings. The van der Waals surface area contributed by atoms with Crippen LogP contribution in [-0.4, -0.2) is 64.3 Å². The van der Waals surface area contributed by atoms with E-state index < -0.39 is 0 Å². The molecule has 0 atom stereocenters. The van der Waals surface area contributed by atoms with Crippen LogP contribution in [0.3, 0.4) is 0 Å². The van der Waals surface area contributed by atoms with Crippen molar-refractivity contribution < 1.29 is 4.74 Å². The quantitative estimate of drug-likeness (QED) is 0.328. The largest absolute Gasteiger partial charge is 0.383 e.